The molecule has 0 saturated heterocycles. The van der Waals surface area contributed by atoms with Crippen molar-refractivity contribution >= 4 is 10.8 Å². The molecule has 0 spiro atoms. The van der Waals surface area contributed by atoms with Crippen LogP contribution in [0.15, 0.2) is 16.9 Å². The fraction of sp³-hybridized carbons (Fsp3) is 0.333. The Labute approximate surface area is 88.4 Å². The van der Waals surface area contributed by atoms with Crippen molar-refractivity contribution in [3.8, 4) is 0 Å². The van der Waals surface area contributed by atoms with Crippen molar-refractivity contribution in [3.05, 3.63) is 39.3 Å². The van der Waals surface area contributed by atoms with E-state index in [4.69, 9.17) is 0 Å². The van der Waals surface area contributed by atoms with Crippen molar-refractivity contribution in [1.29, 1.82) is 0 Å². The van der Waals surface area contributed by atoms with Crippen molar-refractivity contribution in [2.24, 2.45) is 7.05 Å². The van der Waals surface area contributed by atoms with E-state index >= 15 is 0 Å². The Balaban J connectivity index is 3.04. The molecule has 0 aliphatic carbocycles. The molecule has 78 valence electrons. The Morgan fingerprint density at radius 2 is 1.60 bits per heavy atom. The predicted octanol–water partition coefficient (Wildman–Crippen LogP) is 1.86. The standard InChI is InChI=1S/C12H14N2O/c1-7-5-10-9(3)13-14(4)12(15)11(10)6-8(7)2/h5-6H,1-4H3. The van der Waals surface area contributed by atoms with Gasteiger partial charge in [0, 0.05) is 12.4 Å². The molecule has 0 unspecified atom stereocenters. The number of aromatic nitrogens is 2. The van der Waals surface area contributed by atoms with Gasteiger partial charge in [0.25, 0.3) is 5.56 Å². The van der Waals surface area contributed by atoms with E-state index in [9.17, 15) is 4.79 Å². The lowest BCUT2D eigenvalue weighted by Gasteiger charge is -2.07. The molecule has 15 heavy (non-hydrogen) atoms. The van der Waals surface area contributed by atoms with E-state index in [1.807, 2.05) is 32.9 Å². The highest BCUT2D eigenvalue weighted by atomic mass is 16.1. The van der Waals surface area contributed by atoms with Gasteiger partial charge in [-0.3, -0.25) is 4.79 Å². The molecule has 2 aromatic rings. The Bertz CT molecular complexity index is 597. The third-order valence-electron chi connectivity index (χ3n) is 2.85. The van der Waals surface area contributed by atoms with Gasteiger partial charge in [-0.15, -0.1) is 0 Å². The summed E-state index contributed by atoms with van der Waals surface area (Å²) in [5, 5.41) is 5.89. The molecule has 0 aliphatic rings. The van der Waals surface area contributed by atoms with Crippen LogP contribution in [0.25, 0.3) is 10.8 Å². The van der Waals surface area contributed by atoms with Gasteiger partial charge >= 0.3 is 0 Å². The first-order valence-electron chi connectivity index (χ1n) is 4.95. The van der Waals surface area contributed by atoms with Crippen LogP contribution in [0, 0.1) is 20.8 Å². The minimum atomic E-state index is -0.0290. The van der Waals surface area contributed by atoms with E-state index < -0.39 is 0 Å². The zero-order chi connectivity index (χ0) is 11.2. The molecule has 3 nitrogen and oxygen atoms in total. The Kier molecular flexibility index (Phi) is 2.11. The predicted molar refractivity (Wildman–Crippen MR) is 61.2 cm³/mol. The van der Waals surface area contributed by atoms with Crippen molar-refractivity contribution < 1.29 is 0 Å². The van der Waals surface area contributed by atoms with Gasteiger partial charge in [-0.05, 0) is 44.0 Å². The summed E-state index contributed by atoms with van der Waals surface area (Å²) in [5.74, 6) is 0. The topological polar surface area (TPSA) is 34.9 Å². The fourth-order valence-electron chi connectivity index (χ4n) is 1.79. The Morgan fingerprint density at radius 3 is 2.20 bits per heavy atom. The van der Waals surface area contributed by atoms with Gasteiger partial charge in [-0.2, -0.15) is 5.10 Å². The SMILES string of the molecule is Cc1cc2c(C)nn(C)c(=O)c2cc1C. The smallest absolute Gasteiger partial charge is 0.267 e. The van der Waals surface area contributed by atoms with E-state index in [0.29, 0.717) is 0 Å². The van der Waals surface area contributed by atoms with Crippen LogP contribution in [-0.4, -0.2) is 9.78 Å². The molecule has 0 fully saturated rings. The Morgan fingerprint density at radius 1 is 1.07 bits per heavy atom. The third-order valence-corrected chi connectivity index (χ3v) is 2.85. The molecule has 0 bridgehead atoms. The minimum Gasteiger partial charge on any atom is -0.267 e. The first kappa shape index (κ1) is 9.90. The average molecular weight is 202 g/mol. The first-order valence-corrected chi connectivity index (χ1v) is 4.95. The summed E-state index contributed by atoms with van der Waals surface area (Å²) in [6.07, 6.45) is 0. The van der Waals surface area contributed by atoms with Gasteiger partial charge < -0.3 is 0 Å². The molecule has 1 aromatic heterocycles. The van der Waals surface area contributed by atoms with Crippen LogP contribution in [0.3, 0.4) is 0 Å². The largest absolute Gasteiger partial charge is 0.274 e. The highest BCUT2D eigenvalue weighted by molar-refractivity contribution is 5.84. The highest BCUT2D eigenvalue weighted by Gasteiger charge is 2.06. The molecule has 1 heterocycles. The summed E-state index contributed by atoms with van der Waals surface area (Å²) >= 11 is 0. The number of aryl methyl sites for hydroxylation is 4. The van der Waals surface area contributed by atoms with E-state index in [1.54, 1.807) is 7.05 Å². The highest BCUT2D eigenvalue weighted by Crippen LogP contribution is 2.17. The number of fused-ring (bicyclic) bond motifs is 1. The van der Waals surface area contributed by atoms with Gasteiger partial charge in [0.05, 0.1) is 11.1 Å². The summed E-state index contributed by atoms with van der Waals surface area (Å²) in [6, 6.07) is 3.98. The van der Waals surface area contributed by atoms with E-state index in [0.717, 1.165) is 22.0 Å². The maximum atomic E-state index is 11.8. The van der Waals surface area contributed by atoms with Gasteiger partial charge in [-0.25, -0.2) is 4.68 Å². The van der Waals surface area contributed by atoms with Gasteiger partial charge in [0.1, 0.15) is 0 Å². The van der Waals surface area contributed by atoms with E-state index in [1.165, 1.54) is 10.2 Å². The normalized spacial score (nSPS) is 10.9. The molecular weight excluding hydrogens is 188 g/mol. The maximum absolute atomic E-state index is 11.8. The summed E-state index contributed by atoms with van der Waals surface area (Å²) in [6.45, 7) is 5.99. The van der Waals surface area contributed by atoms with Crippen molar-refractivity contribution in [2.45, 2.75) is 20.8 Å². The molecule has 1 aromatic carbocycles. The lowest BCUT2D eigenvalue weighted by Crippen LogP contribution is -2.20. The molecule has 0 amide bonds. The van der Waals surface area contributed by atoms with Gasteiger partial charge in [-0.1, -0.05) is 0 Å². The molecule has 0 N–H and O–H groups in total. The van der Waals surface area contributed by atoms with Crippen LogP contribution in [0.1, 0.15) is 16.8 Å². The van der Waals surface area contributed by atoms with Gasteiger partial charge in [0.15, 0.2) is 0 Å². The van der Waals surface area contributed by atoms with Crippen LogP contribution < -0.4 is 5.56 Å². The number of rotatable bonds is 0. The Hall–Kier alpha value is -1.64. The maximum Gasteiger partial charge on any atom is 0.274 e. The number of benzene rings is 1. The second kappa shape index (κ2) is 3.19. The second-order valence-corrected chi connectivity index (χ2v) is 4.00. The van der Waals surface area contributed by atoms with Crippen LogP contribution in [0.5, 0.6) is 0 Å². The minimum absolute atomic E-state index is 0.0290. The van der Waals surface area contributed by atoms with Crippen molar-refractivity contribution in [1.82, 2.24) is 9.78 Å². The number of hydrogen-bond donors (Lipinski definition) is 0. The van der Waals surface area contributed by atoms with Crippen LogP contribution in [-0.2, 0) is 7.05 Å². The second-order valence-electron chi connectivity index (χ2n) is 4.00. The van der Waals surface area contributed by atoms with Crippen LogP contribution >= 0.6 is 0 Å². The van der Waals surface area contributed by atoms with E-state index in [-0.39, 0.29) is 5.56 Å². The molecule has 3 heteroatoms. The lowest BCUT2D eigenvalue weighted by atomic mass is 10.0. The summed E-state index contributed by atoms with van der Waals surface area (Å²) in [4.78, 5) is 11.8. The zero-order valence-corrected chi connectivity index (χ0v) is 9.46. The lowest BCUT2D eigenvalue weighted by molar-refractivity contribution is 0.704. The van der Waals surface area contributed by atoms with Crippen molar-refractivity contribution in [3.63, 3.8) is 0 Å². The number of nitrogens with zero attached hydrogens (tertiary/aromatic N) is 2. The molecule has 0 saturated carbocycles. The number of hydrogen-bond acceptors (Lipinski definition) is 2. The fourth-order valence-corrected chi connectivity index (χ4v) is 1.79. The van der Waals surface area contributed by atoms with E-state index in [2.05, 4.69) is 5.10 Å². The monoisotopic (exact) mass is 202 g/mol. The van der Waals surface area contributed by atoms with Gasteiger partial charge in [0.2, 0.25) is 0 Å². The van der Waals surface area contributed by atoms with Crippen molar-refractivity contribution in [2.75, 3.05) is 0 Å². The molecule has 0 aliphatic heterocycles. The summed E-state index contributed by atoms with van der Waals surface area (Å²) in [5.41, 5.74) is 3.21. The summed E-state index contributed by atoms with van der Waals surface area (Å²) < 4.78 is 1.40. The zero-order valence-electron chi connectivity index (χ0n) is 9.46. The quantitative estimate of drug-likeness (QED) is 0.653. The van der Waals surface area contributed by atoms with Crippen LogP contribution in [0.4, 0.5) is 0 Å². The summed E-state index contributed by atoms with van der Waals surface area (Å²) in [7, 11) is 1.68. The average Bonchev–Trinajstić information content (AvgIpc) is 2.18. The molecule has 0 radical (unpaired) electrons. The third kappa shape index (κ3) is 1.44. The molecular formula is C12H14N2O. The molecule has 2 rings (SSSR count). The first-order chi connectivity index (χ1) is 7.00. The van der Waals surface area contributed by atoms with Crippen LogP contribution in [0.2, 0.25) is 0 Å². The molecule has 0 atom stereocenters.